The van der Waals surface area contributed by atoms with Crippen LogP contribution in [0, 0.1) is 12.8 Å². The summed E-state index contributed by atoms with van der Waals surface area (Å²) in [5.74, 6) is 0.802. The molecule has 19 heavy (non-hydrogen) atoms. The summed E-state index contributed by atoms with van der Waals surface area (Å²) in [6, 6.07) is 5.07. The molecule has 0 radical (unpaired) electrons. The Morgan fingerprint density at radius 3 is 2.63 bits per heavy atom. The summed E-state index contributed by atoms with van der Waals surface area (Å²) < 4.78 is 5.16. The maximum Gasteiger partial charge on any atom is 0.319 e. The molecule has 2 unspecified atom stereocenters. The Morgan fingerprint density at radius 2 is 2.11 bits per heavy atom. The van der Waals surface area contributed by atoms with E-state index >= 15 is 0 Å². The van der Waals surface area contributed by atoms with Gasteiger partial charge in [-0.25, -0.2) is 4.79 Å². The average molecular weight is 266 g/mol. The van der Waals surface area contributed by atoms with Crippen molar-refractivity contribution in [2.24, 2.45) is 5.92 Å². The standard InChI is InChI=1S/C14H22N2O3/c1-9-7-12(5-6-13(9)19-4)16-14(18)15-11(3)10(2)8-17/h5-7,10-11,17H,8H2,1-4H3,(H2,15,16,18). The zero-order valence-electron chi connectivity index (χ0n) is 11.9. The van der Waals surface area contributed by atoms with E-state index in [0.717, 1.165) is 11.3 Å². The van der Waals surface area contributed by atoms with Crippen LogP contribution in [0.5, 0.6) is 5.75 Å². The van der Waals surface area contributed by atoms with Crippen molar-refractivity contribution in [3.05, 3.63) is 23.8 Å². The second-order valence-electron chi connectivity index (χ2n) is 4.73. The normalized spacial score (nSPS) is 13.5. The zero-order chi connectivity index (χ0) is 14.4. The van der Waals surface area contributed by atoms with Crippen molar-refractivity contribution < 1.29 is 14.6 Å². The Kier molecular flexibility index (Phi) is 5.63. The number of aliphatic hydroxyl groups is 1. The van der Waals surface area contributed by atoms with Gasteiger partial charge in [0.15, 0.2) is 0 Å². The van der Waals surface area contributed by atoms with Gasteiger partial charge in [-0.2, -0.15) is 0 Å². The van der Waals surface area contributed by atoms with Gasteiger partial charge in [0.2, 0.25) is 0 Å². The number of benzene rings is 1. The lowest BCUT2D eigenvalue weighted by molar-refractivity contribution is 0.204. The van der Waals surface area contributed by atoms with Crippen LogP contribution in [-0.2, 0) is 0 Å². The van der Waals surface area contributed by atoms with E-state index < -0.39 is 0 Å². The molecule has 2 atom stereocenters. The summed E-state index contributed by atoms with van der Waals surface area (Å²) in [6.45, 7) is 5.70. The molecule has 1 aromatic carbocycles. The van der Waals surface area contributed by atoms with E-state index in [2.05, 4.69) is 10.6 Å². The van der Waals surface area contributed by atoms with Gasteiger partial charge < -0.3 is 20.5 Å². The second kappa shape index (κ2) is 6.99. The molecule has 0 fully saturated rings. The smallest absolute Gasteiger partial charge is 0.319 e. The molecule has 0 aliphatic carbocycles. The highest BCUT2D eigenvalue weighted by Crippen LogP contribution is 2.21. The van der Waals surface area contributed by atoms with E-state index in [9.17, 15) is 4.79 Å². The van der Waals surface area contributed by atoms with Crippen molar-refractivity contribution in [2.45, 2.75) is 26.8 Å². The van der Waals surface area contributed by atoms with Crippen LogP contribution < -0.4 is 15.4 Å². The number of hydrogen-bond donors (Lipinski definition) is 3. The number of anilines is 1. The number of urea groups is 1. The molecular formula is C14H22N2O3. The number of aryl methyl sites for hydroxylation is 1. The molecule has 5 heteroatoms. The van der Waals surface area contributed by atoms with E-state index in [1.165, 1.54) is 0 Å². The van der Waals surface area contributed by atoms with Crippen LogP contribution in [0.15, 0.2) is 18.2 Å². The van der Waals surface area contributed by atoms with Crippen LogP contribution in [0.25, 0.3) is 0 Å². The predicted octanol–water partition coefficient (Wildman–Crippen LogP) is 2.14. The van der Waals surface area contributed by atoms with Crippen LogP contribution in [-0.4, -0.2) is 30.9 Å². The minimum absolute atomic E-state index is 0.0170. The SMILES string of the molecule is COc1ccc(NC(=O)NC(C)C(C)CO)cc1C. The van der Waals surface area contributed by atoms with Gasteiger partial charge in [0.05, 0.1) is 7.11 Å². The summed E-state index contributed by atoms with van der Waals surface area (Å²) >= 11 is 0. The predicted molar refractivity (Wildman–Crippen MR) is 75.6 cm³/mol. The first-order chi connectivity index (χ1) is 8.97. The Balaban J connectivity index is 2.60. The molecule has 1 rings (SSSR count). The number of carbonyl (C=O) groups is 1. The highest BCUT2D eigenvalue weighted by atomic mass is 16.5. The van der Waals surface area contributed by atoms with Gasteiger partial charge in [-0.05, 0) is 43.5 Å². The van der Waals surface area contributed by atoms with E-state index in [1.54, 1.807) is 13.2 Å². The average Bonchev–Trinajstić information content (AvgIpc) is 2.37. The third-order valence-corrected chi connectivity index (χ3v) is 3.15. The van der Waals surface area contributed by atoms with Gasteiger partial charge in [0, 0.05) is 18.3 Å². The number of carbonyl (C=O) groups excluding carboxylic acids is 1. The third-order valence-electron chi connectivity index (χ3n) is 3.15. The Morgan fingerprint density at radius 1 is 1.42 bits per heavy atom. The van der Waals surface area contributed by atoms with Crippen LogP contribution in [0.2, 0.25) is 0 Å². The number of methoxy groups -OCH3 is 1. The minimum atomic E-state index is -0.280. The Labute approximate surface area is 114 Å². The van der Waals surface area contributed by atoms with Crippen LogP contribution in [0.1, 0.15) is 19.4 Å². The fourth-order valence-electron chi connectivity index (χ4n) is 1.63. The highest BCUT2D eigenvalue weighted by molar-refractivity contribution is 5.89. The number of amides is 2. The van der Waals surface area contributed by atoms with Gasteiger partial charge in [0.1, 0.15) is 5.75 Å². The molecule has 0 saturated carbocycles. The minimum Gasteiger partial charge on any atom is -0.496 e. The van der Waals surface area contributed by atoms with Crippen molar-refractivity contribution in [1.29, 1.82) is 0 Å². The lowest BCUT2D eigenvalue weighted by Gasteiger charge is -2.19. The summed E-state index contributed by atoms with van der Waals surface area (Å²) in [7, 11) is 1.61. The molecule has 0 aliphatic heterocycles. The third kappa shape index (κ3) is 4.44. The molecule has 5 nitrogen and oxygen atoms in total. The molecule has 0 saturated heterocycles. The molecule has 0 bridgehead atoms. The van der Waals surface area contributed by atoms with Crippen molar-refractivity contribution >= 4 is 11.7 Å². The maximum absolute atomic E-state index is 11.8. The van der Waals surface area contributed by atoms with Crippen molar-refractivity contribution in [1.82, 2.24) is 5.32 Å². The molecule has 0 aromatic heterocycles. The highest BCUT2D eigenvalue weighted by Gasteiger charge is 2.13. The Bertz CT molecular complexity index is 435. The molecule has 106 valence electrons. The van der Waals surface area contributed by atoms with Crippen LogP contribution in [0.4, 0.5) is 10.5 Å². The Hall–Kier alpha value is -1.75. The molecule has 1 aromatic rings. The van der Waals surface area contributed by atoms with Crippen LogP contribution >= 0.6 is 0 Å². The monoisotopic (exact) mass is 266 g/mol. The van der Waals surface area contributed by atoms with Gasteiger partial charge in [-0.15, -0.1) is 0 Å². The molecular weight excluding hydrogens is 244 g/mol. The first-order valence-corrected chi connectivity index (χ1v) is 6.31. The zero-order valence-corrected chi connectivity index (χ0v) is 11.9. The number of nitrogens with one attached hydrogen (secondary N) is 2. The topological polar surface area (TPSA) is 70.6 Å². The fraction of sp³-hybridized carbons (Fsp3) is 0.500. The van der Waals surface area contributed by atoms with E-state index in [0.29, 0.717) is 5.69 Å². The maximum atomic E-state index is 11.8. The second-order valence-corrected chi connectivity index (χ2v) is 4.73. The number of ether oxygens (including phenoxy) is 1. The van der Waals surface area contributed by atoms with Gasteiger partial charge in [-0.3, -0.25) is 0 Å². The molecule has 2 amide bonds. The lowest BCUT2D eigenvalue weighted by Crippen LogP contribution is -2.40. The van der Waals surface area contributed by atoms with E-state index in [4.69, 9.17) is 9.84 Å². The first kappa shape index (κ1) is 15.3. The van der Waals surface area contributed by atoms with Gasteiger partial charge in [0.25, 0.3) is 0 Å². The van der Waals surface area contributed by atoms with E-state index in [1.807, 2.05) is 32.9 Å². The van der Waals surface area contributed by atoms with Gasteiger partial charge in [-0.1, -0.05) is 6.92 Å². The lowest BCUT2D eigenvalue weighted by atomic mass is 10.1. The molecule has 0 heterocycles. The summed E-state index contributed by atoms with van der Waals surface area (Å²) in [5, 5.41) is 14.6. The number of hydrogen-bond acceptors (Lipinski definition) is 3. The molecule has 0 spiro atoms. The first-order valence-electron chi connectivity index (χ1n) is 6.31. The fourth-order valence-corrected chi connectivity index (χ4v) is 1.63. The quantitative estimate of drug-likeness (QED) is 0.764. The number of aliphatic hydroxyl groups excluding tert-OH is 1. The van der Waals surface area contributed by atoms with Crippen molar-refractivity contribution in [3.8, 4) is 5.75 Å². The number of rotatable bonds is 5. The van der Waals surface area contributed by atoms with Crippen LogP contribution in [0.3, 0.4) is 0 Å². The van der Waals surface area contributed by atoms with E-state index in [-0.39, 0.29) is 24.6 Å². The van der Waals surface area contributed by atoms with Crippen molar-refractivity contribution in [3.63, 3.8) is 0 Å². The summed E-state index contributed by atoms with van der Waals surface area (Å²) in [6.07, 6.45) is 0. The van der Waals surface area contributed by atoms with Gasteiger partial charge >= 0.3 is 6.03 Å². The van der Waals surface area contributed by atoms with Crippen molar-refractivity contribution in [2.75, 3.05) is 19.0 Å². The summed E-state index contributed by atoms with van der Waals surface area (Å²) in [4.78, 5) is 11.8. The largest absolute Gasteiger partial charge is 0.496 e. The molecule has 0 aliphatic rings. The summed E-state index contributed by atoms with van der Waals surface area (Å²) in [5.41, 5.74) is 1.66. The molecule has 3 N–H and O–H groups in total.